The Morgan fingerprint density at radius 2 is 1.70 bits per heavy atom. The number of nitrogens with zero attached hydrogens (tertiary/aromatic N) is 1. The van der Waals surface area contributed by atoms with E-state index in [4.69, 9.17) is 26.8 Å². The summed E-state index contributed by atoms with van der Waals surface area (Å²) in [7, 11) is 3.40. The molecule has 0 unspecified atom stereocenters. The molecule has 0 aliphatic carbocycles. The second-order valence-electron chi connectivity index (χ2n) is 8.71. The van der Waals surface area contributed by atoms with E-state index in [9.17, 15) is 0 Å². The van der Waals surface area contributed by atoms with E-state index in [1.54, 1.807) is 14.2 Å². The molecule has 2 aromatic rings. The van der Waals surface area contributed by atoms with Crippen molar-refractivity contribution in [3.63, 3.8) is 0 Å². The second kappa shape index (κ2) is 9.17. The third-order valence-corrected chi connectivity index (χ3v) is 7.20. The van der Waals surface area contributed by atoms with Crippen molar-refractivity contribution in [1.29, 1.82) is 0 Å². The minimum absolute atomic E-state index is 0.242. The van der Waals surface area contributed by atoms with E-state index in [1.165, 1.54) is 36.0 Å². The first-order valence-electron chi connectivity index (χ1n) is 11.1. The molecule has 4 atom stereocenters. The average Bonchev–Trinajstić information content (AvgIpc) is 2.77. The molecule has 2 heterocycles. The van der Waals surface area contributed by atoms with Gasteiger partial charge in [0.1, 0.15) is 0 Å². The highest BCUT2D eigenvalue weighted by Crippen LogP contribution is 2.48. The smallest absolute Gasteiger partial charge is 0.161 e. The summed E-state index contributed by atoms with van der Waals surface area (Å²) in [5.74, 6) is 2.41. The zero-order chi connectivity index (χ0) is 21.3. The molecule has 0 saturated carbocycles. The van der Waals surface area contributed by atoms with Gasteiger partial charge in [0.2, 0.25) is 0 Å². The predicted octanol–water partition coefficient (Wildman–Crippen LogP) is 5.38. The molecule has 0 aromatic heterocycles. The first kappa shape index (κ1) is 21.5. The number of hydrogen-bond donors (Lipinski definition) is 1. The summed E-state index contributed by atoms with van der Waals surface area (Å²) in [6.07, 6.45) is 4.68. The van der Waals surface area contributed by atoms with Gasteiger partial charge in [0.15, 0.2) is 11.5 Å². The predicted molar refractivity (Wildman–Crippen MR) is 123 cm³/mol. The van der Waals surface area contributed by atoms with E-state index < -0.39 is 0 Å². The van der Waals surface area contributed by atoms with Crippen LogP contribution in [0.25, 0.3) is 0 Å². The maximum atomic E-state index is 6.68. The Morgan fingerprint density at radius 1 is 1.03 bits per heavy atom. The zero-order valence-electron chi connectivity index (χ0n) is 18.2. The van der Waals surface area contributed by atoms with Crippen molar-refractivity contribution in [2.75, 3.05) is 27.3 Å². The van der Waals surface area contributed by atoms with Crippen LogP contribution in [0.1, 0.15) is 61.3 Å². The Kier molecular flexibility index (Phi) is 6.57. The Balaban J connectivity index is 1.76. The Labute approximate surface area is 185 Å². The number of nitrogens with two attached hydrogens (primary N) is 1. The summed E-state index contributed by atoms with van der Waals surface area (Å²) in [4.78, 5) is 2.65. The Bertz CT molecular complexity index is 870. The summed E-state index contributed by atoms with van der Waals surface area (Å²) in [6.45, 7) is 4.30. The Hall–Kier alpha value is -1.75. The number of unbranched alkanes of at least 4 members (excludes halogenated alkanes) is 1. The summed E-state index contributed by atoms with van der Waals surface area (Å²) in [5.41, 5.74) is 10.6. The largest absolute Gasteiger partial charge is 0.493 e. The van der Waals surface area contributed by atoms with E-state index in [2.05, 4.69) is 36.1 Å². The average molecular weight is 429 g/mol. The molecule has 2 aliphatic heterocycles. The van der Waals surface area contributed by atoms with E-state index in [0.717, 1.165) is 36.0 Å². The number of piperidine rings is 1. The fraction of sp³-hybridized carbons (Fsp3) is 0.520. The molecule has 4 rings (SSSR count). The summed E-state index contributed by atoms with van der Waals surface area (Å²) in [5, 5.41) is 0.767. The van der Waals surface area contributed by atoms with Gasteiger partial charge in [-0.3, -0.25) is 4.90 Å². The fourth-order valence-electron chi connectivity index (χ4n) is 5.27. The van der Waals surface area contributed by atoms with Crippen molar-refractivity contribution in [2.45, 2.75) is 50.6 Å². The van der Waals surface area contributed by atoms with Crippen LogP contribution in [-0.2, 0) is 0 Å². The van der Waals surface area contributed by atoms with Crippen molar-refractivity contribution >= 4 is 11.6 Å². The molecule has 162 valence electrons. The molecule has 2 aliphatic rings. The molecule has 0 amide bonds. The quantitative estimate of drug-likeness (QED) is 0.670. The molecule has 1 fully saturated rings. The number of hydrogen-bond acceptors (Lipinski definition) is 4. The second-order valence-corrected chi connectivity index (χ2v) is 9.15. The lowest BCUT2D eigenvalue weighted by atomic mass is 9.75. The highest BCUT2D eigenvalue weighted by atomic mass is 35.5. The van der Waals surface area contributed by atoms with Crippen LogP contribution in [0.3, 0.4) is 0 Å². The van der Waals surface area contributed by atoms with E-state index >= 15 is 0 Å². The van der Waals surface area contributed by atoms with Gasteiger partial charge in [0, 0.05) is 36.1 Å². The Morgan fingerprint density at radius 3 is 2.33 bits per heavy atom. The third kappa shape index (κ3) is 4.05. The lowest BCUT2D eigenvalue weighted by Crippen LogP contribution is -2.51. The van der Waals surface area contributed by atoms with Gasteiger partial charge >= 0.3 is 0 Å². The van der Waals surface area contributed by atoms with Crippen LogP contribution in [0.2, 0.25) is 5.02 Å². The first-order valence-corrected chi connectivity index (χ1v) is 11.4. The topological polar surface area (TPSA) is 47.7 Å². The molecule has 0 bridgehead atoms. The molecule has 30 heavy (non-hydrogen) atoms. The summed E-state index contributed by atoms with van der Waals surface area (Å²) < 4.78 is 11.3. The van der Waals surface area contributed by atoms with Crippen LogP contribution in [-0.4, -0.2) is 38.3 Å². The van der Waals surface area contributed by atoms with Gasteiger partial charge in [0.05, 0.1) is 14.2 Å². The minimum Gasteiger partial charge on any atom is -0.493 e. The number of benzene rings is 2. The number of fused-ring (bicyclic) bond motifs is 3. The van der Waals surface area contributed by atoms with Gasteiger partial charge in [-0.2, -0.15) is 0 Å². The van der Waals surface area contributed by atoms with Crippen molar-refractivity contribution in [2.24, 2.45) is 11.7 Å². The molecular formula is C25H33ClN2O2. The highest BCUT2D eigenvalue weighted by Gasteiger charge is 2.41. The molecule has 2 N–H and O–H groups in total. The molecule has 0 spiro atoms. The number of methoxy groups -OCH3 is 2. The van der Waals surface area contributed by atoms with E-state index in [0.29, 0.717) is 12.0 Å². The molecule has 1 saturated heterocycles. The minimum atomic E-state index is 0.242. The van der Waals surface area contributed by atoms with Gasteiger partial charge < -0.3 is 15.2 Å². The lowest BCUT2D eigenvalue weighted by Gasteiger charge is -2.48. The van der Waals surface area contributed by atoms with Crippen molar-refractivity contribution in [1.82, 2.24) is 4.90 Å². The standard InChI is InChI=1S/C25H33ClN2O2/c1-4-5-6-17-14-28-15-21(16-7-9-18(26)10-8-16)19-11-24(29-2)25(30-3)12-20(19)23(28)13-22(17)27/h7-12,17,21-23H,4-6,13-15,27H2,1-3H3/t17-,21+,22-,23-/m1/s1. The first-order chi connectivity index (χ1) is 14.5. The van der Waals surface area contributed by atoms with Crippen molar-refractivity contribution < 1.29 is 9.47 Å². The van der Waals surface area contributed by atoms with Crippen LogP contribution < -0.4 is 15.2 Å². The maximum Gasteiger partial charge on any atom is 0.161 e. The number of ether oxygens (including phenoxy) is 2. The highest BCUT2D eigenvalue weighted by molar-refractivity contribution is 6.30. The van der Waals surface area contributed by atoms with Crippen LogP contribution >= 0.6 is 11.6 Å². The normalized spacial score (nSPS) is 26.0. The molecule has 2 aromatic carbocycles. The monoisotopic (exact) mass is 428 g/mol. The molecule has 5 heteroatoms. The van der Waals surface area contributed by atoms with Crippen LogP contribution in [0, 0.1) is 5.92 Å². The van der Waals surface area contributed by atoms with E-state index in [1.807, 2.05) is 12.1 Å². The van der Waals surface area contributed by atoms with Gasteiger partial charge in [-0.05, 0) is 59.7 Å². The van der Waals surface area contributed by atoms with Crippen LogP contribution in [0.15, 0.2) is 36.4 Å². The van der Waals surface area contributed by atoms with Crippen LogP contribution in [0.5, 0.6) is 11.5 Å². The van der Waals surface area contributed by atoms with Crippen LogP contribution in [0.4, 0.5) is 0 Å². The molecule has 4 nitrogen and oxygen atoms in total. The van der Waals surface area contributed by atoms with Crippen molar-refractivity contribution in [3.05, 3.63) is 58.1 Å². The zero-order valence-corrected chi connectivity index (χ0v) is 19.0. The third-order valence-electron chi connectivity index (χ3n) is 6.95. The van der Waals surface area contributed by atoms with Gasteiger partial charge in [-0.1, -0.05) is 43.5 Å². The number of halogens is 1. The maximum absolute atomic E-state index is 6.68. The van der Waals surface area contributed by atoms with Crippen molar-refractivity contribution in [3.8, 4) is 11.5 Å². The van der Waals surface area contributed by atoms with E-state index in [-0.39, 0.29) is 12.0 Å². The number of rotatable bonds is 6. The lowest BCUT2D eigenvalue weighted by molar-refractivity contribution is 0.0728. The fourth-order valence-corrected chi connectivity index (χ4v) is 5.40. The summed E-state index contributed by atoms with van der Waals surface area (Å²) in [6, 6.07) is 13.2. The van der Waals surface area contributed by atoms with Gasteiger partial charge in [0.25, 0.3) is 0 Å². The van der Waals surface area contributed by atoms with Gasteiger partial charge in [-0.25, -0.2) is 0 Å². The molecule has 0 radical (unpaired) electrons. The van der Waals surface area contributed by atoms with Gasteiger partial charge in [-0.15, -0.1) is 0 Å². The SMILES string of the molecule is CCCC[C@@H]1CN2C[C@@H](c3ccc(Cl)cc3)c3cc(OC)c(OC)cc3[C@H]2C[C@H]1N. The molecular weight excluding hydrogens is 396 g/mol. The summed E-state index contributed by atoms with van der Waals surface area (Å²) >= 11 is 6.17.